The number of carbonyl (C=O) groups is 1. The van der Waals surface area contributed by atoms with Crippen molar-refractivity contribution < 1.29 is 9.53 Å². The van der Waals surface area contributed by atoms with Gasteiger partial charge in [-0.25, -0.2) is 0 Å². The van der Waals surface area contributed by atoms with E-state index in [2.05, 4.69) is 6.92 Å². The standard InChI is InChI=1S/C11H18O2/c1-9-7-5-3-4-6-8-11(9)13-10(2)12/h3-8H2,1-2H3. The monoisotopic (exact) mass is 182 g/mol. The Bertz CT molecular complexity index is 216. The van der Waals surface area contributed by atoms with Crippen LogP contribution >= 0.6 is 0 Å². The normalized spacial score (nSPS) is 19.2. The van der Waals surface area contributed by atoms with Crippen LogP contribution in [0.2, 0.25) is 0 Å². The van der Waals surface area contributed by atoms with Gasteiger partial charge in [-0.15, -0.1) is 0 Å². The lowest BCUT2D eigenvalue weighted by molar-refractivity contribution is -0.137. The summed E-state index contributed by atoms with van der Waals surface area (Å²) in [5.41, 5.74) is 1.26. The van der Waals surface area contributed by atoms with Crippen molar-refractivity contribution in [3.63, 3.8) is 0 Å². The molecule has 1 aliphatic rings. The van der Waals surface area contributed by atoms with Crippen LogP contribution in [0.5, 0.6) is 0 Å². The number of allylic oxidation sites excluding steroid dienone is 2. The van der Waals surface area contributed by atoms with Crippen LogP contribution in [0.3, 0.4) is 0 Å². The summed E-state index contributed by atoms with van der Waals surface area (Å²) in [6, 6.07) is 0. The molecular weight excluding hydrogens is 164 g/mol. The highest BCUT2D eigenvalue weighted by atomic mass is 16.5. The van der Waals surface area contributed by atoms with Gasteiger partial charge >= 0.3 is 5.97 Å². The van der Waals surface area contributed by atoms with E-state index in [-0.39, 0.29) is 5.97 Å². The number of hydrogen-bond donors (Lipinski definition) is 0. The van der Waals surface area contributed by atoms with Crippen molar-refractivity contribution in [2.45, 2.75) is 52.4 Å². The second kappa shape index (κ2) is 5.05. The second-order valence-corrected chi connectivity index (χ2v) is 3.71. The maximum Gasteiger partial charge on any atom is 0.307 e. The average molecular weight is 182 g/mol. The molecule has 0 unspecified atom stereocenters. The lowest BCUT2D eigenvalue weighted by Gasteiger charge is -2.14. The molecule has 0 N–H and O–H groups in total. The highest BCUT2D eigenvalue weighted by molar-refractivity contribution is 5.67. The molecule has 0 saturated heterocycles. The van der Waals surface area contributed by atoms with Gasteiger partial charge in [0.25, 0.3) is 0 Å². The maximum absolute atomic E-state index is 10.8. The first kappa shape index (κ1) is 10.3. The zero-order chi connectivity index (χ0) is 9.68. The van der Waals surface area contributed by atoms with Gasteiger partial charge in [-0.2, -0.15) is 0 Å². The van der Waals surface area contributed by atoms with Gasteiger partial charge in [-0.05, 0) is 31.8 Å². The molecular formula is C11H18O2. The van der Waals surface area contributed by atoms with E-state index in [9.17, 15) is 4.79 Å². The Balaban J connectivity index is 2.62. The number of rotatable bonds is 1. The van der Waals surface area contributed by atoms with E-state index in [0.29, 0.717) is 0 Å². The van der Waals surface area contributed by atoms with Gasteiger partial charge in [-0.1, -0.05) is 12.8 Å². The number of hydrogen-bond acceptors (Lipinski definition) is 2. The molecule has 0 saturated carbocycles. The van der Waals surface area contributed by atoms with Crippen LogP contribution in [0, 0.1) is 0 Å². The van der Waals surface area contributed by atoms with Crippen molar-refractivity contribution in [2.24, 2.45) is 0 Å². The van der Waals surface area contributed by atoms with Gasteiger partial charge in [0.2, 0.25) is 0 Å². The maximum atomic E-state index is 10.8. The summed E-state index contributed by atoms with van der Waals surface area (Å²) < 4.78 is 5.18. The molecule has 0 radical (unpaired) electrons. The molecule has 2 nitrogen and oxygen atoms in total. The summed E-state index contributed by atoms with van der Waals surface area (Å²) in [5.74, 6) is 0.738. The Morgan fingerprint density at radius 3 is 2.38 bits per heavy atom. The fourth-order valence-electron chi connectivity index (χ4n) is 1.69. The minimum Gasteiger partial charge on any atom is -0.431 e. The van der Waals surface area contributed by atoms with Crippen LogP contribution in [0.1, 0.15) is 52.4 Å². The summed E-state index contributed by atoms with van der Waals surface area (Å²) in [6.07, 6.45) is 6.98. The molecule has 0 spiro atoms. The molecule has 74 valence electrons. The molecule has 0 aromatic heterocycles. The SMILES string of the molecule is CC(=O)OC1=C(C)CCCCCC1. The first-order chi connectivity index (χ1) is 6.20. The minimum absolute atomic E-state index is 0.185. The quantitative estimate of drug-likeness (QED) is 0.582. The van der Waals surface area contributed by atoms with Crippen LogP contribution in [-0.4, -0.2) is 5.97 Å². The summed E-state index contributed by atoms with van der Waals surface area (Å²) in [7, 11) is 0. The van der Waals surface area contributed by atoms with E-state index in [1.54, 1.807) is 0 Å². The van der Waals surface area contributed by atoms with Crippen LogP contribution < -0.4 is 0 Å². The summed E-state index contributed by atoms with van der Waals surface area (Å²) >= 11 is 0. The first-order valence-electron chi connectivity index (χ1n) is 5.07. The third-order valence-corrected chi connectivity index (χ3v) is 2.45. The smallest absolute Gasteiger partial charge is 0.307 e. The zero-order valence-corrected chi connectivity index (χ0v) is 8.56. The molecule has 13 heavy (non-hydrogen) atoms. The van der Waals surface area contributed by atoms with Gasteiger partial charge in [0.15, 0.2) is 0 Å². The highest BCUT2D eigenvalue weighted by Gasteiger charge is 2.09. The molecule has 0 aromatic rings. The number of esters is 1. The lowest BCUT2D eigenvalue weighted by atomic mass is 10.00. The Hall–Kier alpha value is -0.790. The van der Waals surface area contributed by atoms with Crippen molar-refractivity contribution in [3.05, 3.63) is 11.3 Å². The Morgan fingerprint density at radius 2 is 1.77 bits per heavy atom. The van der Waals surface area contributed by atoms with Crippen molar-refractivity contribution in [2.75, 3.05) is 0 Å². The Kier molecular flexibility index (Phi) is 4.00. The summed E-state index contributed by atoms with van der Waals surface area (Å²) in [5, 5.41) is 0. The van der Waals surface area contributed by atoms with Crippen LogP contribution in [-0.2, 0) is 9.53 Å². The largest absolute Gasteiger partial charge is 0.431 e. The van der Waals surface area contributed by atoms with Crippen molar-refractivity contribution in [1.82, 2.24) is 0 Å². The minimum atomic E-state index is -0.185. The van der Waals surface area contributed by atoms with Gasteiger partial charge in [0, 0.05) is 13.3 Å². The number of carbonyl (C=O) groups excluding carboxylic acids is 1. The average Bonchev–Trinajstić information content (AvgIpc) is 2.04. The van der Waals surface area contributed by atoms with Crippen molar-refractivity contribution in [1.29, 1.82) is 0 Å². The molecule has 1 aliphatic carbocycles. The second-order valence-electron chi connectivity index (χ2n) is 3.71. The van der Waals surface area contributed by atoms with Crippen LogP contribution in [0.4, 0.5) is 0 Å². The third-order valence-electron chi connectivity index (χ3n) is 2.45. The summed E-state index contributed by atoms with van der Waals surface area (Å²) in [4.78, 5) is 10.8. The Labute approximate surface area is 80.0 Å². The molecule has 0 heterocycles. The Morgan fingerprint density at radius 1 is 1.15 bits per heavy atom. The van der Waals surface area contributed by atoms with Gasteiger partial charge < -0.3 is 4.74 Å². The van der Waals surface area contributed by atoms with E-state index < -0.39 is 0 Å². The molecule has 0 fully saturated rings. The molecule has 0 amide bonds. The predicted octanol–water partition coefficient (Wildman–Crippen LogP) is 3.18. The lowest BCUT2D eigenvalue weighted by Crippen LogP contribution is -2.03. The third kappa shape index (κ3) is 3.62. The van der Waals surface area contributed by atoms with E-state index in [1.165, 1.54) is 31.8 Å². The van der Waals surface area contributed by atoms with Crippen molar-refractivity contribution >= 4 is 5.97 Å². The van der Waals surface area contributed by atoms with Crippen LogP contribution in [0.15, 0.2) is 11.3 Å². The van der Waals surface area contributed by atoms with Gasteiger partial charge in [0.05, 0.1) is 0 Å². The van der Waals surface area contributed by atoms with Gasteiger partial charge in [0.1, 0.15) is 5.76 Å². The first-order valence-corrected chi connectivity index (χ1v) is 5.07. The predicted molar refractivity (Wildman–Crippen MR) is 52.2 cm³/mol. The van der Waals surface area contributed by atoms with E-state index in [4.69, 9.17) is 4.74 Å². The zero-order valence-electron chi connectivity index (χ0n) is 8.56. The van der Waals surface area contributed by atoms with E-state index in [0.717, 1.165) is 25.0 Å². The number of ether oxygens (including phenoxy) is 1. The fourth-order valence-corrected chi connectivity index (χ4v) is 1.69. The van der Waals surface area contributed by atoms with Crippen molar-refractivity contribution in [3.8, 4) is 0 Å². The molecule has 1 rings (SSSR count). The van der Waals surface area contributed by atoms with E-state index in [1.807, 2.05) is 0 Å². The highest BCUT2D eigenvalue weighted by Crippen LogP contribution is 2.23. The molecule has 0 bridgehead atoms. The van der Waals surface area contributed by atoms with Gasteiger partial charge in [-0.3, -0.25) is 4.79 Å². The fraction of sp³-hybridized carbons (Fsp3) is 0.727. The molecule has 0 atom stereocenters. The molecule has 0 aromatic carbocycles. The van der Waals surface area contributed by atoms with Crippen LogP contribution in [0.25, 0.3) is 0 Å². The van der Waals surface area contributed by atoms with E-state index >= 15 is 0 Å². The molecule has 0 aliphatic heterocycles. The molecule has 2 heteroatoms. The topological polar surface area (TPSA) is 26.3 Å². The summed E-state index contributed by atoms with van der Waals surface area (Å²) in [6.45, 7) is 3.54.